The number of hydrogen-bond donors (Lipinski definition) is 0. The van der Waals surface area contributed by atoms with Gasteiger partial charge in [-0.15, -0.1) is 6.58 Å². The Morgan fingerprint density at radius 2 is 2.45 bits per heavy atom. The average Bonchev–Trinajstić information content (AvgIpc) is 2.19. The van der Waals surface area contributed by atoms with Gasteiger partial charge in [0, 0.05) is 5.41 Å². The molecular formula is C10H14O. The Kier molecular flexibility index (Phi) is 1.99. The van der Waals surface area contributed by atoms with Crippen LogP contribution in [0.5, 0.6) is 0 Å². The molecule has 11 heavy (non-hydrogen) atoms. The van der Waals surface area contributed by atoms with E-state index in [1.807, 2.05) is 19.1 Å². The monoisotopic (exact) mass is 150 g/mol. The number of carbonyl (C=O) groups is 1. The fraction of sp³-hybridized carbons (Fsp3) is 0.500. The summed E-state index contributed by atoms with van der Waals surface area (Å²) in [6, 6.07) is 0. The zero-order valence-corrected chi connectivity index (χ0v) is 7.13. The lowest BCUT2D eigenvalue weighted by Crippen LogP contribution is -2.27. The fourth-order valence-corrected chi connectivity index (χ4v) is 1.45. The third-order valence-electron chi connectivity index (χ3n) is 2.67. The van der Waals surface area contributed by atoms with Crippen LogP contribution in [0.25, 0.3) is 0 Å². The van der Waals surface area contributed by atoms with Crippen molar-refractivity contribution in [3.63, 3.8) is 0 Å². The third-order valence-corrected chi connectivity index (χ3v) is 2.67. The van der Waals surface area contributed by atoms with Gasteiger partial charge in [0.2, 0.25) is 0 Å². The molecule has 0 radical (unpaired) electrons. The van der Waals surface area contributed by atoms with Crippen molar-refractivity contribution < 1.29 is 4.79 Å². The summed E-state index contributed by atoms with van der Waals surface area (Å²) >= 11 is 0. The third kappa shape index (κ3) is 1.15. The molecule has 0 saturated heterocycles. The first-order valence-corrected chi connectivity index (χ1v) is 3.95. The van der Waals surface area contributed by atoms with E-state index in [-0.39, 0.29) is 11.2 Å². The number of allylic oxidation sites excluding steroid dienone is 3. The maximum Gasteiger partial charge on any atom is 0.162 e. The highest BCUT2D eigenvalue weighted by Gasteiger charge is 2.38. The van der Waals surface area contributed by atoms with Gasteiger partial charge in [-0.2, -0.15) is 0 Å². The number of hydrogen-bond acceptors (Lipinski definition) is 1. The summed E-state index contributed by atoms with van der Waals surface area (Å²) in [7, 11) is 0. The number of ketones is 1. The first kappa shape index (κ1) is 8.25. The van der Waals surface area contributed by atoms with Crippen molar-refractivity contribution in [3.8, 4) is 0 Å². The van der Waals surface area contributed by atoms with Crippen LogP contribution in [0.3, 0.4) is 0 Å². The van der Waals surface area contributed by atoms with Crippen LogP contribution in [0.4, 0.5) is 0 Å². The Hall–Kier alpha value is -0.850. The van der Waals surface area contributed by atoms with E-state index < -0.39 is 0 Å². The molecule has 0 amide bonds. The zero-order valence-electron chi connectivity index (χ0n) is 7.13. The van der Waals surface area contributed by atoms with Gasteiger partial charge >= 0.3 is 0 Å². The van der Waals surface area contributed by atoms with Gasteiger partial charge in [0.15, 0.2) is 5.78 Å². The van der Waals surface area contributed by atoms with E-state index in [0.29, 0.717) is 5.92 Å². The van der Waals surface area contributed by atoms with Crippen LogP contribution in [-0.2, 0) is 4.79 Å². The van der Waals surface area contributed by atoms with E-state index in [2.05, 4.69) is 13.5 Å². The van der Waals surface area contributed by atoms with Gasteiger partial charge in [0.25, 0.3) is 0 Å². The molecule has 0 bridgehead atoms. The lowest BCUT2D eigenvalue weighted by Gasteiger charge is -2.25. The Morgan fingerprint density at radius 1 is 1.82 bits per heavy atom. The second-order valence-electron chi connectivity index (χ2n) is 3.42. The van der Waals surface area contributed by atoms with Crippen LogP contribution in [0.1, 0.15) is 20.3 Å². The highest BCUT2D eigenvalue weighted by atomic mass is 16.1. The quantitative estimate of drug-likeness (QED) is 0.552. The maximum absolute atomic E-state index is 11.4. The predicted molar refractivity (Wildman–Crippen MR) is 46.2 cm³/mol. The summed E-state index contributed by atoms with van der Waals surface area (Å²) < 4.78 is 0. The molecule has 0 N–H and O–H groups in total. The van der Waals surface area contributed by atoms with Crippen molar-refractivity contribution in [2.75, 3.05) is 0 Å². The number of carbonyl (C=O) groups excluding carboxylic acids is 1. The van der Waals surface area contributed by atoms with Gasteiger partial charge in [0.05, 0.1) is 0 Å². The molecule has 1 aliphatic carbocycles. The van der Waals surface area contributed by atoms with E-state index in [1.54, 1.807) is 6.08 Å². The zero-order chi connectivity index (χ0) is 8.48. The van der Waals surface area contributed by atoms with Gasteiger partial charge < -0.3 is 0 Å². The molecule has 0 saturated carbocycles. The Labute approximate surface area is 67.8 Å². The van der Waals surface area contributed by atoms with Crippen molar-refractivity contribution in [2.24, 2.45) is 11.3 Å². The molecule has 0 aromatic rings. The molecule has 1 aliphatic rings. The van der Waals surface area contributed by atoms with E-state index in [0.717, 1.165) is 6.42 Å². The lowest BCUT2D eigenvalue weighted by molar-refractivity contribution is -0.123. The molecule has 2 unspecified atom stereocenters. The molecule has 0 aromatic heterocycles. The summed E-state index contributed by atoms with van der Waals surface area (Å²) in [5, 5.41) is 0. The summed E-state index contributed by atoms with van der Waals surface area (Å²) in [4.78, 5) is 11.4. The molecule has 60 valence electrons. The molecule has 0 spiro atoms. The van der Waals surface area contributed by atoms with Gasteiger partial charge in [-0.1, -0.05) is 26.0 Å². The van der Waals surface area contributed by atoms with E-state index in [4.69, 9.17) is 0 Å². The highest BCUT2D eigenvalue weighted by molar-refractivity contribution is 5.97. The van der Waals surface area contributed by atoms with Gasteiger partial charge in [-0.05, 0) is 18.4 Å². The van der Waals surface area contributed by atoms with Gasteiger partial charge in [0.1, 0.15) is 0 Å². The standard InChI is InChI=1S/C10H14O/c1-4-7-10(3)8(2)5-6-9(10)11/h4-6,8H,1,7H2,2-3H3. The van der Waals surface area contributed by atoms with Crippen molar-refractivity contribution >= 4 is 5.78 Å². The predicted octanol–water partition coefficient (Wildman–Crippen LogP) is 2.34. The highest BCUT2D eigenvalue weighted by Crippen LogP contribution is 2.38. The minimum absolute atomic E-state index is 0.207. The van der Waals surface area contributed by atoms with Crippen molar-refractivity contribution in [3.05, 3.63) is 24.8 Å². The van der Waals surface area contributed by atoms with Crippen molar-refractivity contribution in [2.45, 2.75) is 20.3 Å². The normalized spacial score (nSPS) is 36.2. The SMILES string of the molecule is C=CCC1(C)C(=O)C=CC1C. The van der Waals surface area contributed by atoms with E-state index in [1.165, 1.54) is 0 Å². The van der Waals surface area contributed by atoms with Crippen LogP contribution in [0.15, 0.2) is 24.8 Å². The molecule has 2 atom stereocenters. The average molecular weight is 150 g/mol. The van der Waals surface area contributed by atoms with Crippen LogP contribution in [0.2, 0.25) is 0 Å². The molecule has 0 aromatic carbocycles. The van der Waals surface area contributed by atoms with E-state index >= 15 is 0 Å². The largest absolute Gasteiger partial charge is 0.294 e. The summed E-state index contributed by atoms with van der Waals surface area (Å²) in [5.74, 6) is 0.595. The molecule has 0 heterocycles. The molecule has 1 heteroatoms. The second-order valence-corrected chi connectivity index (χ2v) is 3.42. The van der Waals surface area contributed by atoms with Gasteiger partial charge in [-0.3, -0.25) is 4.79 Å². The Bertz CT molecular complexity index is 215. The fourth-order valence-electron chi connectivity index (χ4n) is 1.45. The first-order valence-electron chi connectivity index (χ1n) is 3.95. The Balaban J connectivity index is 2.84. The van der Waals surface area contributed by atoms with Crippen LogP contribution >= 0.6 is 0 Å². The molecule has 1 rings (SSSR count). The minimum Gasteiger partial charge on any atom is -0.294 e. The molecule has 1 nitrogen and oxygen atoms in total. The maximum atomic E-state index is 11.4. The Morgan fingerprint density at radius 3 is 2.82 bits per heavy atom. The first-order chi connectivity index (χ1) is 5.11. The van der Waals surface area contributed by atoms with E-state index in [9.17, 15) is 4.79 Å². The molecule has 0 fully saturated rings. The van der Waals surface area contributed by atoms with Crippen LogP contribution in [0, 0.1) is 11.3 Å². The number of rotatable bonds is 2. The molecular weight excluding hydrogens is 136 g/mol. The van der Waals surface area contributed by atoms with Gasteiger partial charge in [-0.25, -0.2) is 0 Å². The van der Waals surface area contributed by atoms with Crippen molar-refractivity contribution in [1.82, 2.24) is 0 Å². The van der Waals surface area contributed by atoms with Crippen LogP contribution in [-0.4, -0.2) is 5.78 Å². The second kappa shape index (κ2) is 2.65. The summed E-state index contributed by atoms with van der Waals surface area (Å²) in [6.45, 7) is 7.73. The van der Waals surface area contributed by atoms with Crippen LogP contribution < -0.4 is 0 Å². The smallest absolute Gasteiger partial charge is 0.162 e. The minimum atomic E-state index is -0.207. The molecule has 0 aliphatic heterocycles. The summed E-state index contributed by atoms with van der Waals surface area (Å²) in [5.41, 5.74) is -0.207. The summed E-state index contributed by atoms with van der Waals surface area (Å²) in [6.07, 6.45) is 6.27. The van der Waals surface area contributed by atoms with Crippen molar-refractivity contribution in [1.29, 1.82) is 0 Å². The lowest BCUT2D eigenvalue weighted by atomic mass is 9.76. The topological polar surface area (TPSA) is 17.1 Å².